The smallest absolute Gasteiger partial charge is 0.326 e. The molecule has 0 aliphatic carbocycles. The fraction of sp³-hybridized carbons (Fsp3) is 0.348. The molecule has 6 heteroatoms. The molecule has 0 spiro atoms. The van der Waals surface area contributed by atoms with E-state index in [1.54, 1.807) is 0 Å². The van der Waals surface area contributed by atoms with Crippen LogP contribution < -0.4 is 10.6 Å². The average molecular weight is 393 g/mol. The molecule has 152 valence electrons. The van der Waals surface area contributed by atoms with Crippen LogP contribution in [0.2, 0.25) is 0 Å². The zero-order chi connectivity index (χ0) is 21.4. The average Bonchev–Trinajstić information content (AvgIpc) is 2.89. The first-order chi connectivity index (χ1) is 13.5. The Morgan fingerprint density at radius 1 is 1.00 bits per heavy atom. The van der Waals surface area contributed by atoms with Gasteiger partial charge in [0.25, 0.3) is 5.91 Å². The lowest BCUT2D eigenvalue weighted by molar-refractivity contribution is -0.134. The minimum absolute atomic E-state index is 0.332. The Morgan fingerprint density at radius 3 is 2.24 bits per heavy atom. The van der Waals surface area contributed by atoms with E-state index in [1.807, 2.05) is 83.1 Å². The van der Waals surface area contributed by atoms with E-state index in [0.29, 0.717) is 11.1 Å². The van der Waals surface area contributed by atoms with Crippen LogP contribution in [0.25, 0.3) is 0 Å². The van der Waals surface area contributed by atoms with Crippen molar-refractivity contribution >= 4 is 17.8 Å². The van der Waals surface area contributed by atoms with Gasteiger partial charge in [-0.15, -0.1) is 0 Å². The molecule has 29 heavy (non-hydrogen) atoms. The van der Waals surface area contributed by atoms with Gasteiger partial charge in [-0.05, 0) is 56.9 Å². The zero-order valence-electron chi connectivity index (χ0n) is 17.5. The van der Waals surface area contributed by atoms with E-state index in [9.17, 15) is 14.4 Å². The summed E-state index contributed by atoms with van der Waals surface area (Å²) >= 11 is 0. The van der Waals surface area contributed by atoms with E-state index in [0.717, 1.165) is 16.0 Å². The third-order valence-corrected chi connectivity index (χ3v) is 5.07. The Balaban J connectivity index is 2.06. The fourth-order valence-electron chi connectivity index (χ4n) is 3.54. The van der Waals surface area contributed by atoms with Crippen LogP contribution in [0.4, 0.5) is 4.79 Å². The van der Waals surface area contributed by atoms with Crippen molar-refractivity contribution in [3.63, 3.8) is 0 Å². The number of aryl methyl sites for hydroxylation is 2. The predicted octanol–water partition coefficient (Wildman–Crippen LogP) is 3.01. The van der Waals surface area contributed by atoms with Gasteiger partial charge in [0, 0.05) is 5.54 Å². The molecule has 2 aromatic rings. The summed E-state index contributed by atoms with van der Waals surface area (Å²) in [6.07, 6.45) is 0. The number of urea groups is 1. The fourth-order valence-corrected chi connectivity index (χ4v) is 3.54. The monoisotopic (exact) mass is 393 g/mol. The number of imide groups is 1. The molecule has 0 saturated carbocycles. The molecule has 3 rings (SSSR count). The maximum absolute atomic E-state index is 13.6. The second-order valence-corrected chi connectivity index (χ2v) is 8.53. The number of carbonyl (C=O) groups excluding carboxylic acids is 3. The summed E-state index contributed by atoms with van der Waals surface area (Å²) in [7, 11) is 0. The van der Waals surface area contributed by atoms with Crippen LogP contribution in [0, 0.1) is 13.8 Å². The highest BCUT2D eigenvalue weighted by Crippen LogP contribution is 2.36. The number of carbonyl (C=O) groups is 3. The third-order valence-electron chi connectivity index (χ3n) is 5.07. The summed E-state index contributed by atoms with van der Waals surface area (Å²) in [5.41, 5.74) is 1.61. The minimum atomic E-state index is -1.36. The van der Waals surface area contributed by atoms with Gasteiger partial charge in [-0.2, -0.15) is 0 Å². The number of hydrogen-bond acceptors (Lipinski definition) is 3. The van der Waals surface area contributed by atoms with Gasteiger partial charge >= 0.3 is 6.03 Å². The molecule has 1 atom stereocenters. The van der Waals surface area contributed by atoms with Crippen molar-refractivity contribution < 1.29 is 14.4 Å². The molecular formula is C23H27N3O3. The molecule has 0 unspecified atom stereocenters. The van der Waals surface area contributed by atoms with Gasteiger partial charge in [-0.3, -0.25) is 14.5 Å². The highest BCUT2D eigenvalue weighted by molar-refractivity contribution is 6.11. The molecule has 2 N–H and O–H groups in total. The van der Waals surface area contributed by atoms with Crippen molar-refractivity contribution in [1.82, 2.24) is 15.5 Å². The van der Waals surface area contributed by atoms with Crippen molar-refractivity contribution in [2.24, 2.45) is 0 Å². The quantitative estimate of drug-likeness (QED) is 0.784. The number of rotatable bonds is 4. The maximum atomic E-state index is 13.6. The third kappa shape index (κ3) is 3.88. The Morgan fingerprint density at radius 2 is 1.66 bits per heavy atom. The predicted molar refractivity (Wildman–Crippen MR) is 111 cm³/mol. The Hall–Kier alpha value is -3.15. The Labute approximate surface area is 171 Å². The number of amides is 4. The van der Waals surface area contributed by atoms with E-state index in [2.05, 4.69) is 10.6 Å². The van der Waals surface area contributed by atoms with Gasteiger partial charge in [0.1, 0.15) is 6.54 Å². The molecular weight excluding hydrogens is 366 g/mol. The lowest BCUT2D eigenvalue weighted by Crippen LogP contribution is -2.48. The van der Waals surface area contributed by atoms with Gasteiger partial charge < -0.3 is 10.6 Å². The summed E-state index contributed by atoms with van der Waals surface area (Å²) in [5, 5.41) is 5.67. The van der Waals surface area contributed by atoms with Gasteiger partial charge in [0.15, 0.2) is 5.54 Å². The van der Waals surface area contributed by atoms with Gasteiger partial charge in [-0.1, -0.05) is 48.5 Å². The number of nitrogens with one attached hydrogen (secondary N) is 2. The molecule has 2 aromatic carbocycles. The highest BCUT2D eigenvalue weighted by atomic mass is 16.2. The molecule has 1 saturated heterocycles. The van der Waals surface area contributed by atoms with Crippen LogP contribution in [-0.4, -0.2) is 34.8 Å². The van der Waals surface area contributed by atoms with Crippen molar-refractivity contribution in [1.29, 1.82) is 0 Å². The Kier molecular flexibility index (Phi) is 5.22. The van der Waals surface area contributed by atoms with Crippen LogP contribution in [0.3, 0.4) is 0 Å². The van der Waals surface area contributed by atoms with Crippen molar-refractivity contribution in [3.8, 4) is 0 Å². The van der Waals surface area contributed by atoms with Crippen LogP contribution in [0.1, 0.15) is 43.0 Å². The van der Waals surface area contributed by atoms with E-state index < -0.39 is 23.0 Å². The summed E-state index contributed by atoms with van der Waals surface area (Å²) < 4.78 is 0. The second kappa shape index (κ2) is 7.35. The molecule has 6 nitrogen and oxygen atoms in total. The molecule has 0 bridgehead atoms. The summed E-state index contributed by atoms with van der Waals surface area (Å²) in [5.74, 6) is -0.842. The number of benzene rings is 2. The normalized spacial score (nSPS) is 19.3. The summed E-state index contributed by atoms with van der Waals surface area (Å²) in [6, 6.07) is 14.3. The lowest BCUT2D eigenvalue weighted by atomic mass is 9.81. The van der Waals surface area contributed by atoms with Crippen molar-refractivity contribution in [3.05, 3.63) is 70.8 Å². The van der Waals surface area contributed by atoms with Gasteiger partial charge in [0.2, 0.25) is 5.91 Å². The standard InChI is InChI=1S/C23H27N3O3/c1-15-11-12-18(13-16(15)2)23(17-9-7-6-8-10-17)20(28)26(21(29)25-23)14-19(27)24-22(3,4)5/h6-13H,14H2,1-5H3,(H,24,27)(H,25,29)/t23-/m1/s1. The van der Waals surface area contributed by atoms with Crippen LogP contribution >= 0.6 is 0 Å². The van der Waals surface area contributed by atoms with Crippen LogP contribution in [0.15, 0.2) is 48.5 Å². The molecule has 1 fully saturated rings. The summed E-state index contributed by atoms with van der Waals surface area (Å²) in [6.45, 7) is 9.17. The van der Waals surface area contributed by atoms with Crippen molar-refractivity contribution in [2.45, 2.75) is 45.7 Å². The largest absolute Gasteiger partial charge is 0.350 e. The first-order valence-corrected chi connectivity index (χ1v) is 9.63. The molecule has 1 aliphatic rings. The maximum Gasteiger partial charge on any atom is 0.326 e. The van der Waals surface area contributed by atoms with Crippen LogP contribution in [-0.2, 0) is 15.1 Å². The SMILES string of the molecule is Cc1ccc([C@@]2(c3ccccc3)NC(=O)N(CC(=O)NC(C)(C)C)C2=O)cc1C. The van der Waals surface area contributed by atoms with Crippen LogP contribution in [0.5, 0.6) is 0 Å². The van der Waals surface area contributed by atoms with E-state index in [-0.39, 0.29) is 12.5 Å². The molecule has 1 heterocycles. The van der Waals surface area contributed by atoms with E-state index >= 15 is 0 Å². The van der Waals surface area contributed by atoms with Gasteiger partial charge in [0.05, 0.1) is 0 Å². The topological polar surface area (TPSA) is 78.5 Å². The zero-order valence-corrected chi connectivity index (χ0v) is 17.5. The van der Waals surface area contributed by atoms with Gasteiger partial charge in [-0.25, -0.2) is 4.79 Å². The molecule has 0 radical (unpaired) electrons. The molecule has 0 aromatic heterocycles. The molecule has 1 aliphatic heterocycles. The lowest BCUT2D eigenvalue weighted by Gasteiger charge is -2.29. The van der Waals surface area contributed by atoms with E-state index in [1.165, 1.54) is 0 Å². The van der Waals surface area contributed by atoms with E-state index in [4.69, 9.17) is 0 Å². The highest BCUT2D eigenvalue weighted by Gasteiger charge is 2.54. The first-order valence-electron chi connectivity index (χ1n) is 9.63. The first kappa shape index (κ1) is 20.6. The van der Waals surface area contributed by atoms with Crippen molar-refractivity contribution in [2.75, 3.05) is 6.54 Å². The number of hydrogen-bond donors (Lipinski definition) is 2. The Bertz CT molecular complexity index is 963. The minimum Gasteiger partial charge on any atom is -0.350 e. The summed E-state index contributed by atoms with van der Waals surface area (Å²) in [4.78, 5) is 39.8. The second-order valence-electron chi connectivity index (χ2n) is 8.53. The number of nitrogens with zero attached hydrogens (tertiary/aromatic N) is 1. The molecule has 4 amide bonds.